The molecular weight excluding hydrogens is 390 g/mol. The van der Waals surface area contributed by atoms with Gasteiger partial charge in [0.1, 0.15) is 23.4 Å². The lowest BCUT2D eigenvalue weighted by Gasteiger charge is -2.12. The summed E-state index contributed by atoms with van der Waals surface area (Å²) in [5.74, 6) is 1.12. The number of ether oxygens (including phenoxy) is 1. The van der Waals surface area contributed by atoms with Crippen molar-refractivity contribution in [3.8, 4) is 17.0 Å². The maximum absolute atomic E-state index is 12.8. The molecule has 1 N–H and O–H groups in total. The molecule has 9 heteroatoms. The number of benzene rings is 1. The molecule has 0 radical (unpaired) electrons. The third-order valence-corrected chi connectivity index (χ3v) is 4.55. The van der Waals surface area contributed by atoms with E-state index in [2.05, 4.69) is 30.5 Å². The van der Waals surface area contributed by atoms with Gasteiger partial charge in [-0.15, -0.1) is 0 Å². The minimum Gasteiger partial charge on any atom is -0.494 e. The van der Waals surface area contributed by atoms with Crippen LogP contribution in [0.2, 0.25) is 0 Å². The van der Waals surface area contributed by atoms with Crippen molar-refractivity contribution < 1.29 is 13.5 Å². The number of anilines is 1. The number of halogens is 2. The lowest BCUT2D eigenvalue weighted by molar-refractivity contribution is 0.151. The summed E-state index contributed by atoms with van der Waals surface area (Å²) >= 11 is 0. The van der Waals surface area contributed by atoms with E-state index in [9.17, 15) is 8.78 Å². The fourth-order valence-corrected chi connectivity index (χ4v) is 2.98. The molecule has 0 aliphatic carbocycles. The Labute approximate surface area is 171 Å². The number of hydrogen-bond donors (Lipinski definition) is 1. The average molecular weight is 408 g/mol. The Kier molecular flexibility index (Phi) is 5.42. The Hall–Kier alpha value is -3.75. The first-order valence-electron chi connectivity index (χ1n) is 9.15. The number of hydrogen-bond acceptors (Lipinski definition) is 7. The van der Waals surface area contributed by atoms with E-state index < -0.39 is 6.43 Å². The van der Waals surface area contributed by atoms with Gasteiger partial charge in [-0.3, -0.25) is 4.98 Å². The monoisotopic (exact) mass is 408 g/mol. The summed E-state index contributed by atoms with van der Waals surface area (Å²) in [6, 6.07) is 10.3. The molecule has 0 amide bonds. The molecule has 0 saturated heterocycles. The lowest BCUT2D eigenvalue weighted by atomic mass is 10.1. The van der Waals surface area contributed by atoms with Crippen LogP contribution in [0.5, 0.6) is 5.75 Å². The standard InChI is InChI=1S/C21H18F2N6O/c1-12-3-5-15(29-28-12)10-25-21-16-7-14(8-18(30-2)19(16)26-11-27-21)17-6-4-13(9-24-17)20(22)23/h3-9,11,20H,10H2,1-2H3,(H,25,26,27). The van der Waals surface area contributed by atoms with Crippen LogP contribution >= 0.6 is 0 Å². The van der Waals surface area contributed by atoms with Crippen molar-refractivity contribution in [3.05, 3.63) is 65.9 Å². The second-order valence-electron chi connectivity index (χ2n) is 6.59. The average Bonchev–Trinajstić information content (AvgIpc) is 2.78. The Morgan fingerprint density at radius 2 is 1.90 bits per heavy atom. The molecule has 4 aromatic rings. The van der Waals surface area contributed by atoms with Crippen molar-refractivity contribution in [1.82, 2.24) is 25.1 Å². The summed E-state index contributed by atoms with van der Waals surface area (Å²) in [5.41, 5.74) is 3.34. The molecule has 3 aromatic heterocycles. The highest BCUT2D eigenvalue weighted by Gasteiger charge is 2.14. The number of rotatable bonds is 6. The zero-order valence-electron chi connectivity index (χ0n) is 16.3. The molecule has 152 valence electrons. The summed E-state index contributed by atoms with van der Waals surface area (Å²) in [4.78, 5) is 12.8. The smallest absolute Gasteiger partial charge is 0.265 e. The third kappa shape index (κ3) is 4.00. The molecule has 0 saturated carbocycles. The van der Waals surface area contributed by atoms with Crippen LogP contribution in [-0.2, 0) is 6.54 Å². The molecule has 7 nitrogen and oxygen atoms in total. The van der Waals surface area contributed by atoms with Crippen molar-refractivity contribution in [2.24, 2.45) is 0 Å². The molecule has 4 rings (SSSR count). The van der Waals surface area contributed by atoms with Gasteiger partial charge < -0.3 is 10.1 Å². The van der Waals surface area contributed by atoms with Gasteiger partial charge in [-0.05, 0) is 43.3 Å². The minimum absolute atomic E-state index is 0.128. The number of nitrogens with one attached hydrogen (secondary N) is 1. The van der Waals surface area contributed by atoms with Crippen LogP contribution in [-0.4, -0.2) is 32.3 Å². The van der Waals surface area contributed by atoms with Crippen molar-refractivity contribution in [2.45, 2.75) is 19.9 Å². The summed E-state index contributed by atoms with van der Waals surface area (Å²) in [5, 5.41) is 12.2. The van der Waals surface area contributed by atoms with Gasteiger partial charge >= 0.3 is 0 Å². The van der Waals surface area contributed by atoms with Crippen molar-refractivity contribution in [1.29, 1.82) is 0 Å². The van der Waals surface area contributed by atoms with Gasteiger partial charge in [-0.2, -0.15) is 10.2 Å². The van der Waals surface area contributed by atoms with Crippen molar-refractivity contribution in [2.75, 3.05) is 12.4 Å². The highest BCUT2D eigenvalue weighted by atomic mass is 19.3. The molecule has 0 spiro atoms. The largest absolute Gasteiger partial charge is 0.494 e. The van der Waals surface area contributed by atoms with Crippen LogP contribution in [0.1, 0.15) is 23.4 Å². The van der Waals surface area contributed by atoms with Crippen molar-refractivity contribution in [3.63, 3.8) is 0 Å². The van der Waals surface area contributed by atoms with Gasteiger partial charge in [0.05, 0.1) is 30.7 Å². The number of nitrogens with zero attached hydrogens (tertiary/aromatic N) is 5. The fourth-order valence-electron chi connectivity index (χ4n) is 2.98. The predicted octanol–water partition coefficient (Wildman–Crippen LogP) is 4.35. The quantitative estimate of drug-likeness (QED) is 0.508. The van der Waals surface area contributed by atoms with E-state index in [1.165, 1.54) is 18.6 Å². The summed E-state index contributed by atoms with van der Waals surface area (Å²) in [6.07, 6.45) is 0.0586. The fraction of sp³-hybridized carbons (Fsp3) is 0.190. The van der Waals surface area contributed by atoms with Crippen LogP contribution in [0.15, 0.2) is 48.9 Å². The number of alkyl halides is 2. The zero-order valence-corrected chi connectivity index (χ0v) is 16.3. The van der Waals surface area contributed by atoms with Crippen LogP contribution in [0.25, 0.3) is 22.2 Å². The normalized spacial score (nSPS) is 11.1. The molecule has 0 aliphatic rings. The van der Waals surface area contributed by atoms with Crippen LogP contribution in [0.4, 0.5) is 14.6 Å². The van der Waals surface area contributed by atoms with E-state index in [1.807, 2.05) is 25.1 Å². The predicted molar refractivity (Wildman–Crippen MR) is 108 cm³/mol. The maximum atomic E-state index is 12.8. The van der Waals surface area contributed by atoms with Gasteiger partial charge in [0.2, 0.25) is 0 Å². The van der Waals surface area contributed by atoms with E-state index in [-0.39, 0.29) is 5.56 Å². The Bertz CT molecular complexity index is 1170. The molecule has 0 aliphatic heterocycles. The van der Waals surface area contributed by atoms with Crippen LogP contribution < -0.4 is 10.1 Å². The highest BCUT2D eigenvalue weighted by Crippen LogP contribution is 2.33. The Morgan fingerprint density at radius 1 is 1.03 bits per heavy atom. The zero-order chi connectivity index (χ0) is 21.1. The molecule has 0 bridgehead atoms. The third-order valence-electron chi connectivity index (χ3n) is 4.55. The molecule has 30 heavy (non-hydrogen) atoms. The Morgan fingerprint density at radius 3 is 2.57 bits per heavy atom. The van der Waals surface area contributed by atoms with Crippen LogP contribution in [0, 0.1) is 6.92 Å². The Balaban J connectivity index is 1.72. The SMILES string of the molecule is COc1cc(-c2ccc(C(F)F)cn2)cc2c(NCc3ccc(C)nn3)ncnc12. The van der Waals surface area contributed by atoms with Gasteiger partial charge in [0.25, 0.3) is 6.43 Å². The van der Waals surface area contributed by atoms with E-state index in [0.717, 1.165) is 11.4 Å². The molecule has 3 heterocycles. The summed E-state index contributed by atoms with van der Waals surface area (Å²) in [7, 11) is 1.54. The van der Waals surface area contributed by atoms with Gasteiger partial charge in [-0.1, -0.05) is 0 Å². The maximum Gasteiger partial charge on any atom is 0.265 e. The number of aromatic nitrogens is 5. The van der Waals surface area contributed by atoms with E-state index in [1.54, 1.807) is 19.2 Å². The summed E-state index contributed by atoms with van der Waals surface area (Å²) in [6.45, 7) is 2.30. The topological polar surface area (TPSA) is 85.7 Å². The van der Waals surface area contributed by atoms with E-state index in [0.29, 0.717) is 40.3 Å². The number of aryl methyl sites for hydroxylation is 1. The first kappa shape index (κ1) is 19.6. The molecular formula is C21H18F2N6O. The molecule has 0 unspecified atom stereocenters. The second-order valence-corrected chi connectivity index (χ2v) is 6.59. The minimum atomic E-state index is -2.56. The van der Waals surface area contributed by atoms with Gasteiger partial charge in [0.15, 0.2) is 0 Å². The summed E-state index contributed by atoms with van der Waals surface area (Å²) < 4.78 is 31.2. The number of pyridine rings is 1. The highest BCUT2D eigenvalue weighted by molar-refractivity contribution is 5.96. The van der Waals surface area contributed by atoms with Crippen molar-refractivity contribution >= 4 is 16.7 Å². The second kappa shape index (κ2) is 8.32. The number of fused-ring (bicyclic) bond motifs is 1. The lowest BCUT2D eigenvalue weighted by Crippen LogP contribution is -2.05. The molecule has 0 atom stereocenters. The molecule has 1 aromatic carbocycles. The first-order valence-corrected chi connectivity index (χ1v) is 9.15. The van der Waals surface area contributed by atoms with Gasteiger partial charge in [-0.25, -0.2) is 18.7 Å². The first-order chi connectivity index (χ1) is 14.5. The number of methoxy groups -OCH3 is 1. The molecule has 0 fully saturated rings. The van der Waals surface area contributed by atoms with Gasteiger partial charge in [0, 0.05) is 22.7 Å². The van der Waals surface area contributed by atoms with Crippen LogP contribution in [0.3, 0.4) is 0 Å². The van der Waals surface area contributed by atoms with E-state index in [4.69, 9.17) is 4.74 Å². The van der Waals surface area contributed by atoms with E-state index >= 15 is 0 Å².